The van der Waals surface area contributed by atoms with Crippen LogP contribution in [-0.4, -0.2) is 16.0 Å². The van der Waals surface area contributed by atoms with Crippen LogP contribution < -0.4 is 5.32 Å². The van der Waals surface area contributed by atoms with Crippen molar-refractivity contribution in [2.75, 3.05) is 5.32 Å². The van der Waals surface area contributed by atoms with Crippen molar-refractivity contribution in [2.45, 2.75) is 29.7 Å². The van der Waals surface area contributed by atoms with Gasteiger partial charge in [0.2, 0.25) is 5.91 Å². The summed E-state index contributed by atoms with van der Waals surface area (Å²) in [7, 11) is 0. The second-order valence-corrected chi connectivity index (χ2v) is 5.55. The summed E-state index contributed by atoms with van der Waals surface area (Å²) in [6.07, 6.45) is 1.19. The zero-order valence-electron chi connectivity index (χ0n) is 11.3. The fraction of sp³-hybridized carbons (Fsp3) is 0.200. The summed E-state index contributed by atoms with van der Waals surface area (Å²) in [5.74, 6) is -0.0803. The van der Waals surface area contributed by atoms with E-state index >= 15 is 0 Å². The van der Waals surface area contributed by atoms with Crippen molar-refractivity contribution >= 4 is 23.4 Å². The molecule has 1 aromatic heterocycles. The van der Waals surface area contributed by atoms with Gasteiger partial charge in [0.15, 0.2) is 0 Å². The zero-order chi connectivity index (χ0) is 14.5. The summed E-state index contributed by atoms with van der Waals surface area (Å²) in [6, 6.07) is 11.4. The highest BCUT2D eigenvalue weighted by molar-refractivity contribution is 7.99. The predicted molar refractivity (Wildman–Crippen MR) is 79.7 cm³/mol. The number of aliphatic hydroxyl groups is 1. The van der Waals surface area contributed by atoms with Gasteiger partial charge in [0, 0.05) is 28.6 Å². The summed E-state index contributed by atoms with van der Waals surface area (Å²) in [4.78, 5) is 17.2. The smallest absolute Gasteiger partial charge is 0.221 e. The van der Waals surface area contributed by atoms with Crippen molar-refractivity contribution in [1.29, 1.82) is 0 Å². The Bertz CT molecular complexity index is 580. The minimum atomic E-state index is -0.550. The van der Waals surface area contributed by atoms with Gasteiger partial charge in [0.05, 0.1) is 11.8 Å². The van der Waals surface area contributed by atoms with Gasteiger partial charge in [-0.1, -0.05) is 11.8 Å². The van der Waals surface area contributed by atoms with E-state index in [4.69, 9.17) is 0 Å². The molecule has 2 rings (SSSR count). The quantitative estimate of drug-likeness (QED) is 0.906. The van der Waals surface area contributed by atoms with E-state index in [2.05, 4.69) is 10.3 Å². The van der Waals surface area contributed by atoms with E-state index in [9.17, 15) is 9.90 Å². The first-order chi connectivity index (χ1) is 9.54. The maximum absolute atomic E-state index is 10.9. The van der Waals surface area contributed by atoms with Crippen LogP contribution in [0.1, 0.15) is 25.6 Å². The molecular formula is C15H16N2O2S. The van der Waals surface area contributed by atoms with Gasteiger partial charge in [-0.25, -0.2) is 0 Å². The van der Waals surface area contributed by atoms with Gasteiger partial charge < -0.3 is 10.4 Å². The average molecular weight is 288 g/mol. The lowest BCUT2D eigenvalue weighted by Gasteiger charge is -2.06. The number of nitrogens with zero attached hydrogens (tertiary/aromatic N) is 1. The number of benzene rings is 1. The molecule has 0 aliphatic carbocycles. The third-order valence-electron chi connectivity index (χ3n) is 2.60. The van der Waals surface area contributed by atoms with E-state index < -0.39 is 6.10 Å². The molecule has 0 saturated heterocycles. The Hall–Kier alpha value is -1.85. The Morgan fingerprint density at radius 2 is 1.85 bits per heavy atom. The number of carbonyl (C=O) groups is 1. The molecule has 0 bridgehead atoms. The number of nitrogens with one attached hydrogen (secondary N) is 1. The molecule has 0 aliphatic heterocycles. The first-order valence-corrected chi connectivity index (χ1v) is 7.06. The molecule has 0 aliphatic rings. The molecule has 1 amide bonds. The number of carbonyl (C=O) groups excluding carboxylic acids is 1. The molecule has 20 heavy (non-hydrogen) atoms. The number of aromatic nitrogens is 1. The molecule has 2 aromatic rings. The van der Waals surface area contributed by atoms with Crippen LogP contribution in [0.5, 0.6) is 0 Å². The van der Waals surface area contributed by atoms with Crippen molar-refractivity contribution in [2.24, 2.45) is 0 Å². The van der Waals surface area contributed by atoms with Gasteiger partial charge in [0.1, 0.15) is 0 Å². The van der Waals surface area contributed by atoms with Crippen LogP contribution in [0.4, 0.5) is 5.69 Å². The van der Waals surface area contributed by atoms with Gasteiger partial charge in [-0.3, -0.25) is 9.78 Å². The Morgan fingerprint density at radius 3 is 2.35 bits per heavy atom. The van der Waals surface area contributed by atoms with Gasteiger partial charge in [-0.15, -0.1) is 0 Å². The molecule has 0 spiro atoms. The largest absolute Gasteiger partial charge is 0.387 e. The molecule has 0 saturated carbocycles. The maximum Gasteiger partial charge on any atom is 0.221 e. The number of aliphatic hydroxyl groups excluding tert-OH is 1. The number of hydrogen-bond donors (Lipinski definition) is 2. The molecule has 0 radical (unpaired) electrons. The second-order valence-electron chi connectivity index (χ2n) is 4.40. The number of rotatable bonds is 4. The molecule has 104 valence electrons. The van der Waals surface area contributed by atoms with Crippen molar-refractivity contribution < 1.29 is 9.90 Å². The Balaban J connectivity index is 2.04. The molecule has 1 heterocycles. The van der Waals surface area contributed by atoms with Crippen molar-refractivity contribution in [1.82, 2.24) is 4.98 Å². The summed E-state index contributed by atoms with van der Waals surface area (Å²) < 4.78 is 0. The second kappa shape index (κ2) is 6.54. The van der Waals surface area contributed by atoms with E-state index in [0.717, 1.165) is 15.5 Å². The molecule has 2 N–H and O–H groups in total. The Kier molecular flexibility index (Phi) is 4.76. The zero-order valence-corrected chi connectivity index (χ0v) is 12.1. The molecule has 1 atom stereocenters. The number of hydrogen-bond acceptors (Lipinski definition) is 4. The SMILES string of the molecule is CC(=O)Nc1ccc(Sc2ccc([C@H](C)O)nc2)cc1. The van der Waals surface area contributed by atoms with Crippen LogP contribution in [0.3, 0.4) is 0 Å². The average Bonchev–Trinajstić information content (AvgIpc) is 2.41. The number of pyridine rings is 1. The molecule has 0 fully saturated rings. The van der Waals surface area contributed by atoms with E-state index in [0.29, 0.717) is 5.69 Å². The van der Waals surface area contributed by atoms with Gasteiger partial charge in [0.25, 0.3) is 0 Å². The fourth-order valence-electron chi connectivity index (χ4n) is 1.64. The topological polar surface area (TPSA) is 62.2 Å². The lowest BCUT2D eigenvalue weighted by Crippen LogP contribution is -2.05. The minimum Gasteiger partial charge on any atom is -0.387 e. The van der Waals surface area contributed by atoms with E-state index in [-0.39, 0.29) is 5.91 Å². The standard InChI is InChI=1S/C15H16N2O2S/c1-10(18)15-8-7-14(9-16-15)20-13-5-3-12(4-6-13)17-11(2)19/h3-10,18H,1-2H3,(H,17,19)/t10-/m0/s1. The third kappa shape index (κ3) is 4.08. The predicted octanol–water partition coefficient (Wildman–Crippen LogP) is 3.24. The van der Waals surface area contributed by atoms with Gasteiger partial charge in [-0.05, 0) is 43.3 Å². The summed E-state index contributed by atoms with van der Waals surface area (Å²) in [5.41, 5.74) is 1.44. The number of amides is 1. The van der Waals surface area contributed by atoms with Crippen LogP contribution in [-0.2, 0) is 4.79 Å². The fourth-order valence-corrected chi connectivity index (χ4v) is 2.43. The van der Waals surface area contributed by atoms with Crippen LogP contribution in [0.15, 0.2) is 52.4 Å². The lowest BCUT2D eigenvalue weighted by atomic mass is 10.2. The van der Waals surface area contributed by atoms with Crippen LogP contribution in [0.25, 0.3) is 0 Å². The van der Waals surface area contributed by atoms with E-state index in [1.165, 1.54) is 6.92 Å². The summed E-state index contributed by atoms with van der Waals surface area (Å²) >= 11 is 1.58. The van der Waals surface area contributed by atoms with Crippen LogP contribution in [0, 0.1) is 0 Å². The molecule has 5 heteroatoms. The van der Waals surface area contributed by atoms with Crippen molar-refractivity contribution in [3.05, 3.63) is 48.3 Å². The Morgan fingerprint density at radius 1 is 1.20 bits per heavy atom. The first-order valence-electron chi connectivity index (χ1n) is 6.24. The van der Waals surface area contributed by atoms with Crippen molar-refractivity contribution in [3.8, 4) is 0 Å². The van der Waals surface area contributed by atoms with E-state index in [1.54, 1.807) is 24.9 Å². The highest BCUT2D eigenvalue weighted by Crippen LogP contribution is 2.28. The highest BCUT2D eigenvalue weighted by atomic mass is 32.2. The first kappa shape index (κ1) is 14.6. The monoisotopic (exact) mass is 288 g/mol. The normalized spacial score (nSPS) is 11.9. The molecule has 1 aromatic carbocycles. The Labute approximate surface area is 122 Å². The van der Waals surface area contributed by atoms with Crippen LogP contribution >= 0.6 is 11.8 Å². The number of anilines is 1. The summed E-state index contributed by atoms with van der Waals surface area (Å²) in [6.45, 7) is 3.17. The minimum absolute atomic E-state index is 0.0803. The van der Waals surface area contributed by atoms with Crippen LogP contribution in [0.2, 0.25) is 0 Å². The van der Waals surface area contributed by atoms with E-state index in [1.807, 2.05) is 36.4 Å². The third-order valence-corrected chi connectivity index (χ3v) is 3.58. The molecule has 4 nitrogen and oxygen atoms in total. The lowest BCUT2D eigenvalue weighted by molar-refractivity contribution is -0.114. The van der Waals surface area contributed by atoms with Gasteiger partial charge >= 0.3 is 0 Å². The molecule has 0 unspecified atom stereocenters. The maximum atomic E-state index is 10.9. The highest BCUT2D eigenvalue weighted by Gasteiger charge is 2.03. The summed E-state index contributed by atoms with van der Waals surface area (Å²) in [5, 5.41) is 12.1. The van der Waals surface area contributed by atoms with Gasteiger partial charge in [-0.2, -0.15) is 0 Å². The molecular weight excluding hydrogens is 272 g/mol. The van der Waals surface area contributed by atoms with Crippen molar-refractivity contribution in [3.63, 3.8) is 0 Å².